The fourth-order valence-corrected chi connectivity index (χ4v) is 3.71. The summed E-state index contributed by atoms with van der Waals surface area (Å²) < 4.78 is 11.7. The van der Waals surface area contributed by atoms with Gasteiger partial charge in [-0.05, 0) is 43.5 Å². The van der Waals surface area contributed by atoms with E-state index in [9.17, 15) is 9.59 Å². The van der Waals surface area contributed by atoms with E-state index in [4.69, 9.17) is 9.47 Å². The van der Waals surface area contributed by atoms with Gasteiger partial charge in [0.2, 0.25) is 5.91 Å². The molecular weight excluding hydrogens is 372 g/mol. The van der Waals surface area contributed by atoms with Gasteiger partial charge < -0.3 is 14.8 Å². The lowest BCUT2D eigenvalue weighted by Crippen LogP contribution is -2.22. The number of hydrogen-bond donors (Lipinski definition) is 1. The molecule has 4 rings (SSSR count). The summed E-state index contributed by atoms with van der Waals surface area (Å²) in [6.07, 6.45) is 3.52. The minimum absolute atomic E-state index is 0.132. The molecule has 0 unspecified atom stereocenters. The lowest BCUT2D eigenvalue weighted by Gasteiger charge is -2.09. The smallest absolute Gasteiger partial charge is 0.308 e. The maximum absolute atomic E-state index is 12.6. The van der Waals surface area contributed by atoms with Crippen molar-refractivity contribution in [1.82, 2.24) is 14.6 Å². The highest BCUT2D eigenvalue weighted by molar-refractivity contribution is 5.92. The predicted molar refractivity (Wildman–Crippen MR) is 106 cm³/mol. The van der Waals surface area contributed by atoms with Crippen LogP contribution in [0.15, 0.2) is 42.6 Å². The maximum atomic E-state index is 12.6. The van der Waals surface area contributed by atoms with E-state index < -0.39 is 0 Å². The number of carbonyl (C=O) groups excluding carboxylic acids is 2. The highest BCUT2D eigenvalue weighted by Gasteiger charge is 2.34. The van der Waals surface area contributed by atoms with Gasteiger partial charge >= 0.3 is 5.97 Å². The van der Waals surface area contributed by atoms with Gasteiger partial charge in [-0.2, -0.15) is 5.10 Å². The van der Waals surface area contributed by atoms with Crippen molar-refractivity contribution in [2.45, 2.75) is 19.3 Å². The molecule has 1 fully saturated rings. The van der Waals surface area contributed by atoms with Gasteiger partial charge in [-0.1, -0.05) is 12.1 Å². The Morgan fingerprint density at radius 2 is 1.97 bits per heavy atom. The minimum Gasteiger partial charge on any atom is -0.497 e. The number of fused-ring (bicyclic) bond motifs is 1. The second kappa shape index (κ2) is 7.90. The molecule has 1 saturated carbocycles. The molecule has 2 aromatic heterocycles. The number of anilines is 1. The largest absolute Gasteiger partial charge is 0.497 e. The van der Waals surface area contributed by atoms with Crippen LogP contribution < -0.4 is 10.1 Å². The predicted octanol–water partition coefficient (Wildman–Crippen LogP) is 2.93. The lowest BCUT2D eigenvalue weighted by atomic mass is 10.0. The summed E-state index contributed by atoms with van der Waals surface area (Å²) in [4.78, 5) is 28.6. The molecule has 0 spiro atoms. The summed E-state index contributed by atoms with van der Waals surface area (Å²) in [6, 6.07) is 11.4. The lowest BCUT2D eigenvalue weighted by molar-refractivity contribution is -0.145. The monoisotopic (exact) mass is 394 g/mol. The van der Waals surface area contributed by atoms with Gasteiger partial charge in [0.15, 0.2) is 11.5 Å². The van der Waals surface area contributed by atoms with Gasteiger partial charge in [0, 0.05) is 11.5 Å². The summed E-state index contributed by atoms with van der Waals surface area (Å²) in [5, 5.41) is 7.42. The molecule has 3 aromatic rings. The third kappa shape index (κ3) is 3.91. The molecule has 0 bridgehead atoms. The van der Waals surface area contributed by atoms with Gasteiger partial charge in [0.25, 0.3) is 0 Å². The molecular formula is C21H22N4O4. The van der Waals surface area contributed by atoms with Crippen molar-refractivity contribution in [1.29, 1.82) is 0 Å². The van der Waals surface area contributed by atoms with E-state index >= 15 is 0 Å². The van der Waals surface area contributed by atoms with Gasteiger partial charge in [-0.3, -0.25) is 9.59 Å². The second-order valence-electron chi connectivity index (χ2n) is 7.10. The Kier molecular flexibility index (Phi) is 5.16. The molecule has 1 aliphatic rings. The first-order valence-electron chi connectivity index (χ1n) is 9.47. The van der Waals surface area contributed by atoms with Gasteiger partial charge in [-0.25, -0.2) is 9.50 Å². The number of nitrogens with one attached hydrogen (secondary N) is 1. The quantitative estimate of drug-likeness (QED) is 0.669. The maximum Gasteiger partial charge on any atom is 0.308 e. The van der Waals surface area contributed by atoms with E-state index in [1.807, 2.05) is 36.4 Å². The number of methoxy groups -OCH3 is 2. The van der Waals surface area contributed by atoms with Gasteiger partial charge in [-0.15, -0.1) is 0 Å². The standard InChI is InChI=1S/C21H22N4O4/c1-28-16-5-3-4-13(11-16)17-8-9-19-22-18(12-25(19)24-17)23-20(26)14-6-7-15(10-14)21(27)29-2/h3-5,8-9,11-12,14-15H,6-7,10H2,1-2H3,(H,23,26)/t14-,15+/m1/s1. The van der Waals surface area contributed by atoms with Crippen LogP contribution in [0.4, 0.5) is 5.82 Å². The molecule has 2 atom stereocenters. The number of hydrogen-bond acceptors (Lipinski definition) is 6. The molecule has 1 N–H and O–H groups in total. The van der Waals surface area contributed by atoms with Crippen LogP contribution in [-0.4, -0.2) is 40.7 Å². The summed E-state index contributed by atoms with van der Waals surface area (Å²) in [7, 11) is 3.00. The average Bonchev–Trinajstić information content (AvgIpc) is 3.39. The van der Waals surface area contributed by atoms with Crippen molar-refractivity contribution >= 4 is 23.3 Å². The zero-order valence-corrected chi connectivity index (χ0v) is 16.3. The Hall–Kier alpha value is -3.42. The molecule has 0 saturated heterocycles. The molecule has 8 nitrogen and oxygen atoms in total. The molecule has 0 aliphatic heterocycles. The SMILES string of the molecule is COC(=O)[C@H]1CC[C@@H](C(=O)Nc2cn3nc(-c4cccc(OC)c4)ccc3n2)C1. The van der Waals surface area contributed by atoms with E-state index in [0.717, 1.165) is 17.0 Å². The molecule has 1 aromatic carbocycles. The topological polar surface area (TPSA) is 94.8 Å². The first kappa shape index (κ1) is 18.9. The summed E-state index contributed by atoms with van der Waals surface area (Å²) >= 11 is 0. The molecule has 150 valence electrons. The van der Waals surface area contributed by atoms with Crippen molar-refractivity contribution in [2.75, 3.05) is 19.5 Å². The average molecular weight is 394 g/mol. The first-order chi connectivity index (χ1) is 14.1. The molecule has 8 heteroatoms. The highest BCUT2D eigenvalue weighted by Crippen LogP contribution is 2.32. The fraction of sp³-hybridized carbons (Fsp3) is 0.333. The number of carbonyl (C=O) groups is 2. The van der Waals surface area contributed by atoms with Crippen LogP contribution in [0.5, 0.6) is 5.75 Å². The van der Waals surface area contributed by atoms with Gasteiger partial charge in [0.1, 0.15) is 5.75 Å². The van der Waals surface area contributed by atoms with E-state index in [1.54, 1.807) is 17.8 Å². The zero-order chi connectivity index (χ0) is 20.4. The molecule has 1 amide bonds. The summed E-state index contributed by atoms with van der Waals surface area (Å²) in [6.45, 7) is 0. The molecule has 29 heavy (non-hydrogen) atoms. The van der Waals surface area contributed by atoms with E-state index in [1.165, 1.54) is 7.11 Å². The zero-order valence-electron chi connectivity index (χ0n) is 16.3. The van der Waals surface area contributed by atoms with Crippen molar-refractivity contribution in [3.63, 3.8) is 0 Å². The normalized spacial score (nSPS) is 18.6. The summed E-state index contributed by atoms with van der Waals surface area (Å²) in [5.74, 6) is 0.389. The van der Waals surface area contributed by atoms with Crippen LogP contribution in [0.25, 0.3) is 16.9 Å². The van der Waals surface area contributed by atoms with Crippen LogP contribution in [-0.2, 0) is 14.3 Å². The van der Waals surface area contributed by atoms with Crippen molar-refractivity contribution in [2.24, 2.45) is 11.8 Å². The molecule has 1 aliphatic carbocycles. The molecule has 2 heterocycles. The number of amides is 1. The number of ether oxygens (including phenoxy) is 2. The van der Waals surface area contributed by atoms with Crippen molar-refractivity contribution in [3.05, 3.63) is 42.6 Å². The van der Waals surface area contributed by atoms with Crippen molar-refractivity contribution < 1.29 is 19.1 Å². The Labute approximate surface area is 167 Å². The van der Waals surface area contributed by atoms with Crippen LogP contribution in [0, 0.1) is 11.8 Å². The number of benzene rings is 1. The Bertz CT molecular complexity index is 1060. The Morgan fingerprint density at radius 1 is 1.14 bits per heavy atom. The van der Waals surface area contributed by atoms with Crippen molar-refractivity contribution in [3.8, 4) is 17.0 Å². The molecule has 0 radical (unpaired) electrons. The summed E-state index contributed by atoms with van der Waals surface area (Å²) in [5.41, 5.74) is 2.32. The third-order valence-corrected chi connectivity index (χ3v) is 5.27. The Balaban J connectivity index is 1.49. The van der Waals surface area contributed by atoms with Gasteiger partial charge in [0.05, 0.1) is 32.0 Å². The second-order valence-corrected chi connectivity index (χ2v) is 7.10. The van der Waals surface area contributed by atoms with Crippen LogP contribution in [0.2, 0.25) is 0 Å². The Morgan fingerprint density at radius 3 is 2.76 bits per heavy atom. The number of esters is 1. The van der Waals surface area contributed by atoms with Crippen LogP contribution >= 0.6 is 0 Å². The van der Waals surface area contributed by atoms with E-state index in [0.29, 0.717) is 30.7 Å². The minimum atomic E-state index is -0.248. The fourth-order valence-electron chi connectivity index (χ4n) is 3.71. The van der Waals surface area contributed by atoms with Crippen LogP contribution in [0.1, 0.15) is 19.3 Å². The van der Waals surface area contributed by atoms with E-state index in [2.05, 4.69) is 15.4 Å². The first-order valence-corrected chi connectivity index (χ1v) is 9.47. The van der Waals surface area contributed by atoms with Crippen LogP contribution in [0.3, 0.4) is 0 Å². The third-order valence-electron chi connectivity index (χ3n) is 5.27. The number of nitrogens with zero attached hydrogens (tertiary/aromatic N) is 3. The highest BCUT2D eigenvalue weighted by atomic mass is 16.5. The number of imidazole rings is 1. The number of aromatic nitrogens is 3. The number of rotatable bonds is 5. The van der Waals surface area contributed by atoms with E-state index in [-0.39, 0.29) is 23.7 Å².